The van der Waals surface area contributed by atoms with Crippen LogP contribution in [-0.4, -0.2) is 53.2 Å². The SMILES string of the molecule is O=C(Cc1sc(NC2CC3C=CC2C3)nc1O)N1CCOCC1. The van der Waals surface area contributed by atoms with Crippen LogP contribution in [0.2, 0.25) is 0 Å². The van der Waals surface area contributed by atoms with Crippen LogP contribution in [0.1, 0.15) is 17.7 Å². The normalized spacial score (nSPS) is 29.2. The van der Waals surface area contributed by atoms with Crippen molar-refractivity contribution in [2.75, 3.05) is 31.6 Å². The Morgan fingerprint density at radius 1 is 1.39 bits per heavy atom. The molecule has 124 valence electrons. The number of morpholine rings is 1. The van der Waals surface area contributed by atoms with Crippen LogP contribution in [0.5, 0.6) is 5.88 Å². The first-order chi connectivity index (χ1) is 11.2. The van der Waals surface area contributed by atoms with Crippen LogP contribution in [0.25, 0.3) is 0 Å². The van der Waals surface area contributed by atoms with Gasteiger partial charge in [-0.1, -0.05) is 23.5 Å². The van der Waals surface area contributed by atoms with Crippen LogP contribution in [-0.2, 0) is 16.0 Å². The van der Waals surface area contributed by atoms with Crippen molar-refractivity contribution in [1.29, 1.82) is 0 Å². The summed E-state index contributed by atoms with van der Waals surface area (Å²) < 4.78 is 5.26. The van der Waals surface area contributed by atoms with Gasteiger partial charge in [0.05, 0.1) is 24.5 Å². The summed E-state index contributed by atoms with van der Waals surface area (Å²) in [6.07, 6.45) is 7.14. The summed E-state index contributed by atoms with van der Waals surface area (Å²) in [5, 5.41) is 14.2. The lowest BCUT2D eigenvalue weighted by Crippen LogP contribution is -2.41. The molecule has 0 spiro atoms. The second-order valence-electron chi connectivity index (χ2n) is 6.47. The minimum absolute atomic E-state index is 0.0159. The van der Waals surface area contributed by atoms with E-state index in [9.17, 15) is 9.90 Å². The molecule has 1 aromatic rings. The van der Waals surface area contributed by atoms with Gasteiger partial charge in [-0.15, -0.1) is 0 Å². The summed E-state index contributed by atoms with van der Waals surface area (Å²) in [4.78, 5) is 18.9. The second kappa shape index (κ2) is 6.13. The van der Waals surface area contributed by atoms with E-state index < -0.39 is 0 Å². The molecule has 3 aliphatic rings. The van der Waals surface area contributed by atoms with Crippen molar-refractivity contribution < 1.29 is 14.6 Å². The van der Waals surface area contributed by atoms with E-state index in [0.29, 0.717) is 49.1 Å². The molecule has 0 aromatic carbocycles. The van der Waals surface area contributed by atoms with E-state index in [1.54, 1.807) is 4.90 Å². The first kappa shape index (κ1) is 15.0. The van der Waals surface area contributed by atoms with E-state index in [1.165, 1.54) is 17.8 Å². The number of thiazole rings is 1. The fourth-order valence-corrected chi connectivity index (χ4v) is 4.60. The number of carbonyl (C=O) groups is 1. The smallest absolute Gasteiger partial charge is 0.228 e. The average molecular weight is 335 g/mol. The number of anilines is 1. The van der Waals surface area contributed by atoms with Crippen molar-refractivity contribution in [3.05, 3.63) is 17.0 Å². The van der Waals surface area contributed by atoms with Gasteiger partial charge in [-0.2, -0.15) is 4.98 Å². The number of carbonyl (C=O) groups excluding carboxylic acids is 1. The van der Waals surface area contributed by atoms with Crippen molar-refractivity contribution in [3.63, 3.8) is 0 Å². The van der Waals surface area contributed by atoms with Gasteiger partial charge in [0, 0.05) is 19.1 Å². The van der Waals surface area contributed by atoms with Gasteiger partial charge in [0.2, 0.25) is 11.8 Å². The minimum Gasteiger partial charge on any atom is -0.492 e. The zero-order chi connectivity index (χ0) is 15.8. The van der Waals surface area contributed by atoms with Gasteiger partial charge in [0.15, 0.2) is 5.13 Å². The maximum Gasteiger partial charge on any atom is 0.228 e. The molecular formula is C16H21N3O3S. The highest BCUT2D eigenvalue weighted by Crippen LogP contribution is 2.41. The zero-order valence-corrected chi connectivity index (χ0v) is 13.7. The van der Waals surface area contributed by atoms with Crippen LogP contribution in [0.4, 0.5) is 5.13 Å². The summed E-state index contributed by atoms with van der Waals surface area (Å²) in [6, 6.07) is 0.401. The first-order valence-corrected chi connectivity index (χ1v) is 9.00. The number of nitrogens with zero attached hydrogens (tertiary/aromatic N) is 2. The quantitative estimate of drug-likeness (QED) is 0.818. The minimum atomic E-state index is -0.0159. The van der Waals surface area contributed by atoms with Crippen molar-refractivity contribution in [2.24, 2.45) is 11.8 Å². The van der Waals surface area contributed by atoms with Gasteiger partial charge < -0.3 is 20.1 Å². The lowest BCUT2D eigenvalue weighted by molar-refractivity contribution is -0.134. The molecule has 23 heavy (non-hydrogen) atoms. The highest BCUT2D eigenvalue weighted by atomic mass is 32.1. The molecule has 3 atom stereocenters. The Morgan fingerprint density at radius 3 is 2.91 bits per heavy atom. The van der Waals surface area contributed by atoms with Crippen LogP contribution in [0.3, 0.4) is 0 Å². The monoisotopic (exact) mass is 335 g/mol. The number of rotatable bonds is 4. The standard InChI is InChI=1S/C16H21N3O3S/c20-14(19-3-5-22-6-4-19)9-13-15(21)18-16(23-13)17-12-8-10-1-2-11(12)7-10/h1-2,10-12,21H,3-9H2,(H,17,18). The molecule has 1 aliphatic heterocycles. The molecule has 2 aliphatic carbocycles. The van der Waals surface area contributed by atoms with Crippen molar-refractivity contribution >= 4 is 22.4 Å². The number of aromatic nitrogens is 1. The molecular weight excluding hydrogens is 314 g/mol. The lowest BCUT2D eigenvalue weighted by Gasteiger charge is -2.26. The van der Waals surface area contributed by atoms with Crippen LogP contribution < -0.4 is 5.32 Å². The van der Waals surface area contributed by atoms with Crippen LogP contribution in [0.15, 0.2) is 12.2 Å². The summed E-state index contributed by atoms with van der Waals surface area (Å²) >= 11 is 1.39. The number of hydrogen-bond donors (Lipinski definition) is 2. The lowest BCUT2D eigenvalue weighted by atomic mass is 10.0. The molecule has 1 aromatic heterocycles. The maximum atomic E-state index is 12.3. The highest BCUT2D eigenvalue weighted by molar-refractivity contribution is 7.16. The third kappa shape index (κ3) is 3.07. The first-order valence-electron chi connectivity index (χ1n) is 8.18. The van der Waals surface area contributed by atoms with Gasteiger partial charge in [-0.3, -0.25) is 4.79 Å². The summed E-state index contributed by atoms with van der Waals surface area (Å²) in [6.45, 7) is 2.43. The molecule has 2 bridgehead atoms. The van der Waals surface area contributed by atoms with Crippen LogP contribution in [0, 0.1) is 11.8 Å². The van der Waals surface area contributed by atoms with E-state index in [-0.39, 0.29) is 18.2 Å². The van der Waals surface area contributed by atoms with Gasteiger partial charge in [0.25, 0.3) is 0 Å². The number of ether oxygens (including phenoxy) is 1. The Morgan fingerprint density at radius 2 is 2.22 bits per heavy atom. The topological polar surface area (TPSA) is 74.7 Å². The highest BCUT2D eigenvalue weighted by Gasteiger charge is 2.36. The molecule has 2 N–H and O–H groups in total. The third-order valence-electron chi connectivity index (χ3n) is 4.94. The van der Waals surface area contributed by atoms with Gasteiger partial charge in [-0.25, -0.2) is 0 Å². The second-order valence-corrected chi connectivity index (χ2v) is 7.55. The number of aromatic hydroxyl groups is 1. The van der Waals surface area contributed by atoms with E-state index in [1.807, 2.05) is 0 Å². The zero-order valence-electron chi connectivity index (χ0n) is 12.9. The van der Waals surface area contributed by atoms with Gasteiger partial charge in [-0.05, 0) is 24.7 Å². The van der Waals surface area contributed by atoms with Crippen LogP contribution >= 0.6 is 11.3 Å². The molecule has 6 nitrogen and oxygen atoms in total. The molecule has 0 radical (unpaired) electrons. The number of nitrogens with one attached hydrogen (secondary N) is 1. The van der Waals surface area contributed by atoms with Crippen molar-refractivity contribution in [1.82, 2.24) is 9.88 Å². The summed E-state index contributed by atoms with van der Waals surface area (Å²) in [5.74, 6) is 1.28. The van der Waals surface area contributed by atoms with E-state index in [2.05, 4.69) is 22.5 Å². The molecule has 1 saturated carbocycles. The van der Waals surface area contributed by atoms with Gasteiger partial charge >= 0.3 is 0 Å². The Balaban J connectivity index is 1.39. The van der Waals surface area contributed by atoms with E-state index in [4.69, 9.17) is 4.74 Å². The predicted octanol–water partition coefficient (Wildman–Crippen LogP) is 1.63. The molecule has 1 saturated heterocycles. The third-order valence-corrected chi connectivity index (χ3v) is 5.92. The number of allylic oxidation sites excluding steroid dienone is 1. The molecule has 7 heteroatoms. The molecule has 1 amide bonds. The molecule has 2 fully saturated rings. The van der Waals surface area contributed by atoms with Crippen molar-refractivity contribution in [2.45, 2.75) is 25.3 Å². The van der Waals surface area contributed by atoms with Crippen molar-refractivity contribution in [3.8, 4) is 5.88 Å². The maximum absolute atomic E-state index is 12.3. The largest absolute Gasteiger partial charge is 0.492 e. The fourth-order valence-electron chi connectivity index (χ4n) is 3.69. The predicted molar refractivity (Wildman–Crippen MR) is 87.6 cm³/mol. The fraction of sp³-hybridized carbons (Fsp3) is 0.625. The van der Waals surface area contributed by atoms with E-state index in [0.717, 1.165) is 11.6 Å². The number of hydrogen-bond acceptors (Lipinski definition) is 6. The Labute approximate surface area is 139 Å². The number of fused-ring (bicyclic) bond motifs is 2. The van der Waals surface area contributed by atoms with E-state index >= 15 is 0 Å². The molecule has 2 heterocycles. The summed E-state index contributed by atoms with van der Waals surface area (Å²) in [7, 11) is 0. The summed E-state index contributed by atoms with van der Waals surface area (Å²) in [5.41, 5.74) is 0. The molecule has 4 rings (SSSR count). The Kier molecular flexibility index (Phi) is 3.98. The van der Waals surface area contributed by atoms with Gasteiger partial charge in [0.1, 0.15) is 0 Å². The Bertz CT molecular complexity index is 624. The Hall–Kier alpha value is -1.60. The number of amides is 1. The molecule has 3 unspecified atom stereocenters. The average Bonchev–Trinajstić information content (AvgIpc) is 3.25.